The molecule has 0 bridgehead atoms. The van der Waals surface area contributed by atoms with Gasteiger partial charge in [0.1, 0.15) is 0 Å². The zero-order valence-corrected chi connectivity index (χ0v) is 13.5. The summed E-state index contributed by atoms with van der Waals surface area (Å²) in [5, 5.41) is 10.5. The molecule has 0 aliphatic rings. The number of thiophene rings is 1. The predicted octanol–water partition coefficient (Wildman–Crippen LogP) is 3.06. The van der Waals surface area contributed by atoms with Crippen LogP contribution in [0.1, 0.15) is 28.6 Å². The lowest BCUT2D eigenvalue weighted by atomic mass is 10.2. The lowest BCUT2D eigenvalue weighted by molar-refractivity contribution is -0.131. The largest absolute Gasteiger partial charge is 0.478 e. The molecule has 4 nitrogen and oxygen atoms in total. The van der Waals surface area contributed by atoms with E-state index in [2.05, 4.69) is 0 Å². The number of nitrogens with zero attached hydrogens (tertiary/aromatic N) is 1. The Morgan fingerprint density at radius 2 is 2.25 bits per heavy atom. The van der Waals surface area contributed by atoms with Crippen LogP contribution in [0.5, 0.6) is 0 Å². The smallest absolute Gasteiger partial charge is 0.328 e. The van der Waals surface area contributed by atoms with Crippen molar-refractivity contribution in [3.05, 3.63) is 28.0 Å². The molecule has 1 heterocycles. The minimum absolute atomic E-state index is 0.0568. The molecule has 0 aliphatic heterocycles. The van der Waals surface area contributed by atoms with Crippen molar-refractivity contribution >= 4 is 41.1 Å². The first-order valence-corrected chi connectivity index (χ1v) is 8.49. The number of carboxylic acids is 1. The average Bonchev–Trinajstić information content (AvgIpc) is 2.89. The fourth-order valence-electron chi connectivity index (χ4n) is 1.63. The number of amides is 1. The van der Waals surface area contributed by atoms with Crippen LogP contribution in [0.3, 0.4) is 0 Å². The number of thioether (sulfide) groups is 1. The van der Waals surface area contributed by atoms with E-state index in [1.165, 1.54) is 17.4 Å². The summed E-state index contributed by atoms with van der Waals surface area (Å²) in [5.41, 5.74) is 0.659. The molecule has 0 aromatic carbocycles. The second kappa shape index (κ2) is 8.11. The van der Waals surface area contributed by atoms with Crippen LogP contribution < -0.4 is 0 Å². The zero-order chi connectivity index (χ0) is 15.1. The van der Waals surface area contributed by atoms with Gasteiger partial charge in [0.15, 0.2) is 0 Å². The molecule has 0 spiro atoms. The highest BCUT2D eigenvalue weighted by Crippen LogP contribution is 2.21. The van der Waals surface area contributed by atoms with Crippen molar-refractivity contribution in [1.82, 2.24) is 4.90 Å². The van der Waals surface area contributed by atoms with Crippen LogP contribution in [0.4, 0.5) is 0 Å². The topological polar surface area (TPSA) is 57.6 Å². The van der Waals surface area contributed by atoms with Crippen LogP contribution in [0, 0.1) is 0 Å². The fraction of sp³-hybridized carbons (Fsp3) is 0.429. The lowest BCUT2D eigenvalue weighted by Gasteiger charge is -2.24. The highest BCUT2D eigenvalue weighted by Gasteiger charge is 2.20. The Morgan fingerprint density at radius 3 is 2.85 bits per heavy atom. The van der Waals surface area contributed by atoms with Gasteiger partial charge in [-0.1, -0.05) is 0 Å². The molecule has 0 saturated carbocycles. The molecular weight excluding hydrogens is 294 g/mol. The third-order valence-corrected chi connectivity index (χ3v) is 4.58. The molecule has 1 atom stereocenters. The first kappa shape index (κ1) is 16.8. The summed E-state index contributed by atoms with van der Waals surface area (Å²) in [5.74, 6) is -0.0652. The van der Waals surface area contributed by atoms with Gasteiger partial charge in [0.25, 0.3) is 5.91 Å². The molecule has 1 amide bonds. The normalized spacial score (nSPS) is 12.6. The molecule has 110 valence electrons. The SMILES string of the molecule is CSCCC(C)N(C)C(=O)c1sccc1/C=C/C(=O)O. The Hall–Kier alpha value is -1.27. The lowest BCUT2D eigenvalue weighted by Crippen LogP contribution is -2.35. The minimum atomic E-state index is -1.02. The van der Waals surface area contributed by atoms with Crippen molar-refractivity contribution in [2.24, 2.45) is 0 Å². The van der Waals surface area contributed by atoms with E-state index in [1.807, 2.05) is 13.2 Å². The molecule has 1 rings (SSSR count). The third kappa shape index (κ3) is 4.68. The molecule has 1 unspecified atom stereocenters. The van der Waals surface area contributed by atoms with Crippen LogP contribution in [-0.4, -0.2) is 47.0 Å². The highest BCUT2D eigenvalue weighted by molar-refractivity contribution is 7.98. The maximum atomic E-state index is 12.4. The van der Waals surface area contributed by atoms with Crippen LogP contribution in [0.15, 0.2) is 17.5 Å². The molecule has 0 radical (unpaired) electrons. The summed E-state index contributed by atoms with van der Waals surface area (Å²) in [6, 6.07) is 1.92. The van der Waals surface area contributed by atoms with Gasteiger partial charge in [-0.3, -0.25) is 4.79 Å². The van der Waals surface area contributed by atoms with Gasteiger partial charge < -0.3 is 10.0 Å². The van der Waals surface area contributed by atoms with Crippen LogP contribution in [0.25, 0.3) is 6.08 Å². The number of carbonyl (C=O) groups is 2. The Balaban J connectivity index is 2.82. The summed E-state index contributed by atoms with van der Waals surface area (Å²) >= 11 is 3.10. The van der Waals surface area contributed by atoms with E-state index in [4.69, 9.17) is 5.11 Å². The minimum Gasteiger partial charge on any atom is -0.478 e. The molecule has 20 heavy (non-hydrogen) atoms. The van der Waals surface area contributed by atoms with E-state index >= 15 is 0 Å². The Bertz CT molecular complexity index is 496. The Kier molecular flexibility index (Phi) is 6.81. The van der Waals surface area contributed by atoms with Crippen molar-refractivity contribution in [2.75, 3.05) is 19.1 Å². The highest BCUT2D eigenvalue weighted by atomic mass is 32.2. The number of aliphatic carboxylic acids is 1. The first-order chi connectivity index (χ1) is 9.47. The van der Waals surface area contributed by atoms with E-state index in [0.29, 0.717) is 10.4 Å². The number of hydrogen-bond donors (Lipinski definition) is 1. The molecule has 0 fully saturated rings. The Labute approximate surface area is 127 Å². The fourth-order valence-corrected chi connectivity index (χ4v) is 3.07. The van der Waals surface area contributed by atoms with Gasteiger partial charge in [0.2, 0.25) is 0 Å². The van der Waals surface area contributed by atoms with Gasteiger partial charge >= 0.3 is 5.97 Å². The van der Waals surface area contributed by atoms with Crippen LogP contribution >= 0.6 is 23.1 Å². The monoisotopic (exact) mass is 313 g/mol. The van der Waals surface area contributed by atoms with Gasteiger partial charge in [0.05, 0.1) is 4.88 Å². The molecule has 6 heteroatoms. The summed E-state index contributed by atoms with van der Waals surface area (Å²) in [4.78, 5) is 25.3. The molecule has 0 aliphatic carbocycles. The van der Waals surface area contributed by atoms with Gasteiger partial charge in [-0.25, -0.2) is 4.79 Å². The first-order valence-electron chi connectivity index (χ1n) is 6.22. The van der Waals surface area contributed by atoms with E-state index in [1.54, 1.807) is 35.2 Å². The van der Waals surface area contributed by atoms with Crippen molar-refractivity contribution in [3.8, 4) is 0 Å². The number of hydrogen-bond acceptors (Lipinski definition) is 4. The third-order valence-electron chi connectivity index (χ3n) is 3.02. The quantitative estimate of drug-likeness (QED) is 0.786. The maximum absolute atomic E-state index is 12.4. The van der Waals surface area contributed by atoms with Crippen molar-refractivity contribution in [1.29, 1.82) is 0 Å². The van der Waals surface area contributed by atoms with Gasteiger partial charge in [-0.05, 0) is 48.4 Å². The number of carbonyl (C=O) groups excluding carboxylic acids is 1. The maximum Gasteiger partial charge on any atom is 0.328 e. The van der Waals surface area contributed by atoms with Crippen LogP contribution in [0.2, 0.25) is 0 Å². The predicted molar refractivity (Wildman–Crippen MR) is 85.5 cm³/mol. The van der Waals surface area contributed by atoms with Gasteiger partial charge in [0, 0.05) is 19.2 Å². The molecular formula is C14H19NO3S2. The zero-order valence-electron chi connectivity index (χ0n) is 11.8. The molecule has 1 N–H and O–H groups in total. The molecule has 1 aromatic heterocycles. The number of carboxylic acid groups (broad SMARTS) is 1. The van der Waals surface area contributed by atoms with E-state index in [-0.39, 0.29) is 11.9 Å². The van der Waals surface area contributed by atoms with Gasteiger partial charge in [-0.2, -0.15) is 11.8 Å². The van der Waals surface area contributed by atoms with E-state index < -0.39 is 5.97 Å². The van der Waals surface area contributed by atoms with E-state index in [0.717, 1.165) is 18.2 Å². The van der Waals surface area contributed by atoms with E-state index in [9.17, 15) is 9.59 Å². The molecule has 1 aromatic rings. The molecule has 0 saturated heterocycles. The average molecular weight is 313 g/mol. The number of rotatable bonds is 7. The van der Waals surface area contributed by atoms with Crippen molar-refractivity contribution in [2.45, 2.75) is 19.4 Å². The second-order valence-corrected chi connectivity index (χ2v) is 6.32. The van der Waals surface area contributed by atoms with Crippen molar-refractivity contribution in [3.63, 3.8) is 0 Å². The summed E-state index contributed by atoms with van der Waals surface area (Å²) in [7, 11) is 1.79. The Morgan fingerprint density at radius 1 is 1.55 bits per heavy atom. The summed E-state index contributed by atoms with van der Waals surface area (Å²) in [6.07, 6.45) is 5.50. The van der Waals surface area contributed by atoms with Crippen molar-refractivity contribution < 1.29 is 14.7 Å². The summed E-state index contributed by atoms with van der Waals surface area (Å²) < 4.78 is 0. The standard InChI is InChI=1S/C14H19NO3S2/c1-10(6-8-19-3)15(2)14(18)13-11(7-9-20-13)4-5-12(16)17/h4-5,7,9-10H,6,8H2,1-3H3,(H,16,17)/b5-4+. The van der Waals surface area contributed by atoms with Gasteiger partial charge in [-0.15, -0.1) is 11.3 Å². The summed E-state index contributed by atoms with van der Waals surface area (Å²) in [6.45, 7) is 2.02. The van der Waals surface area contributed by atoms with Crippen LogP contribution in [-0.2, 0) is 4.79 Å². The second-order valence-electron chi connectivity index (χ2n) is 4.42.